The maximum Gasteiger partial charge on any atom is 0.129 e. The van der Waals surface area contributed by atoms with E-state index in [0.29, 0.717) is 11.4 Å². The fourth-order valence-electron chi connectivity index (χ4n) is 3.69. The molecular formula is C16H30ClNO2Si. The number of rotatable bonds is 7. The molecule has 2 unspecified atom stereocenters. The molecule has 1 heterocycles. The second kappa shape index (κ2) is 7.11. The van der Waals surface area contributed by atoms with Gasteiger partial charge in [-0.2, -0.15) is 0 Å². The van der Waals surface area contributed by atoms with Crippen molar-refractivity contribution in [1.82, 2.24) is 4.90 Å². The van der Waals surface area contributed by atoms with E-state index >= 15 is 0 Å². The van der Waals surface area contributed by atoms with E-state index in [-0.39, 0.29) is 24.1 Å². The predicted octanol–water partition coefficient (Wildman–Crippen LogP) is 3.20. The van der Waals surface area contributed by atoms with Crippen molar-refractivity contribution < 1.29 is 9.90 Å². The van der Waals surface area contributed by atoms with Crippen LogP contribution in [0.1, 0.15) is 44.9 Å². The SMILES string of the molecule is C[Si](C)(C)C(=O)[C@H]1[C@@H](C(Cl)CCCO)N1C1CCCCC1. The van der Waals surface area contributed by atoms with Crippen LogP contribution < -0.4 is 0 Å². The van der Waals surface area contributed by atoms with Gasteiger partial charge in [0.1, 0.15) is 13.5 Å². The maximum atomic E-state index is 12.8. The average Bonchev–Trinajstić information content (AvgIpc) is 3.19. The van der Waals surface area contributed by atoms with Gasteiger partial charge in [0.05, 0.1) is 11.4 Å². The van der Waals surface area contributed by atoms with Crippen molar-refractivity contribution in [2.45, 2.75) is 88.1 Å². The Morgan fingerprint density at radius 2 is 1.90 bits per heavy atom. The first-order chi connectivity index (χ1) is 9.88. The minimum atomic E-state index is -1.77. The third kappa shape index (κ3) is 4.09. The predicted molar refractivity (Wildman–Crippen MR) is 90.6 cm³/mol. The summed E-state index contributed by atoms with van der Waals surface area (Å²) in [6.45, 7) is 6.61. The van der Waals surface area contributed by atoms with Gasteiger partial charge >= 0.3 is 0 Å². The molecule has 2 rings (SSSR count). The van der Waals surface area contributed by atoms with Crippen LogP contribution in [0, 0.1) is 0 Å². The van der Waals surface area contributed by atoms with Crippen LogP contribution in [0.2, 0.25) is 19.6 Å². The zero-order chi connectivity index (χ0) is 15.6. The van der Waals surface area contributed by atoms with E-state index in [1.165, 1.54) is 32.1 Å². The second-order valence-electron chi connectivity index (χ2n) is 7.67. The molecule has 0 bridgehead atoms. The maximum absolute atomic E-state index is 12.8. The summed E-state index contributed by atoms with van der Waals surface area (Å²) < 4.78 is 0. The molecular weight excluding hydrogens is 302 g/mol. The third-order valence-corrected chi connectivity index (χ3v) is 7.16. The van der Waals surface area contributed by atoms with Crippen molar-refractivity contribution in [1.29, 1.82) is 0 Å². The summed E-state index contributed by atoms with van der Waals surface area (Å²) in [5.41, 5.74) is 0. The van der Waals surface area contributed by atoms with E-state index < -0.39 is 8.07 Å². The van der Waals surface area contributed by atoms with E-state index in [1.54, 1.807) is 0 Å². The van der Waals surface area contributed by atoms with Gasteiger partial charge in [-0.1, -0.05) is 38.9 Å². The first-order valence-corrected chi connectivity index (χ1v) is 12.4. The first-order valence-electron chi connectivity index (χ1n) is 8.44. The summed E-state index contributed by atoms with van der Waals surface area (Å²) in [4.78, 5) is 15.2. The molecule has 0 amide bonds. The zero-order valence-corrected chi connectivity index (χ0v) is 15.4. The fourth-order valence-corrected chi connectivity index (χ4v) is 5.32. The Balaban J connectivity index is 2.06. The lowest BCUT2D eigenvalue weighted by Gasteiger charge is -2.25. The average molecular weight is 332 g/mol. The molecule has 0 spiro atoms. The van der Waals surface area contributed by atoms with E-state index in [9.17, 15) is 4.79 Å². The molecule has 3 nitrogen and oxygen atoms in total. The van der Waals surface area contributed by atoms with Crippen molar-refractivity contribution >= 4 is 25.1 Å². The van der Waals surface area contributed by atoms with E-state index in [0.717, 1.165) is 12.8 Å². The highest BCUT2D eigenvalue weighted by molar-refractivity contribution is 7.04. The quantitative estimate of drug-likeness (QED) is 0.442. The molecule has 1 aliphatic heterocycles. The Morgan fingerprint density at radius 3 is 2.43 bits per heavy atom. The van der Waals surface area contributed by atoms with Gasteiger partial charge in [0, 0.05) is 18.7 Å². The first kappa shape index (κ1) is 17.5. The Morgan fingerprint density at radius 1 is 1.29 bits per heavy atom. The largest absolute Gasteiger partial charge is 0.396 e. The van der Waals surface area contributed by atoms with Crippen LogP contribution in [-0.2, 0) is 4.79 Å². The molecule has 2 fully saturated rings. The summed E-state index contributed by atoms with van der Waals surface area (Å²) in [7, 11) is -1.77. The number of hydrogen-bond acceptors (Lipinski definition) is 3. The molecule has 1 N–H and O–H groups in total. The van der Waals surface area contributed by atoms with E-state index in [1.807, 2.05) is 0 Å². The van der Waals surface area contributed by atoms with Gasteiger partial charge in [0.2, 0.25) is 0 Å². The van der Waals surface area contributed by atoms with E-state index in [4.69, 9.17) is 16.7 Å². The third-order valence-electron chi connectivity index (χ3n) is 4.91. The van der Waals surface area contributed by atoms with Gasteiger partial charge in [-0.25, -0.2) is 0 Å². The van der Waals surface area contributed by atoms with Crippen molar-refractivity contribution in [3.8, 4) is 0 Å². The van der Waals surface area contributed by atoms with Crippen molar-refractivity contribution in [2.75, 3.05) is 6.61 Å². The topological polar surface area (TPSA) is 40.3 Å². The molecule has 0 aromatic carbocycles. The summed E-state index contributed by atoms with van der Waals surface area (Å²) >= 11 is 6.57. The minimum absolute atomic E-state index is 0.00405. The van der Waals surface area contributed by atoms with Crippen molar-refractivity contribution in [3.63, 3.8) is 0 Å². The summed E-state index contributed by atoms with van der Waals surface area (Å²) in [6, 6.07) is 0.853. The number of hydrogen-bond donors (Lipinski definition) is 1. The standard InChI is InChI=1S/C16H30ClNO2Si/c1-21(2,3)16(20)15-14(13(17)10-7-11-19)18(15)12-8-5-4-6-9-12/h12-15,19H,4-11H2,1-3H3/t13?,14-,15-,18?/m1/s1. The summed E-state index contributed by atoms with van der Waals surface area (Å²) in [5.74, 6) is 0. The van der Waals surface area contributed by atoms with Crippen LogP contribution >= 0.6 is 11.6 Å². The number of alkyl halides is 1. The molecule has 5 heteroatoms. The molecule has 0 aromatic heterocycles. The van der Waals surface area contributed by atoms with Crippen molar-refractivity contribution in [3.05, 3.63) is 0 Å². The number of aliphatic hydroxyl groups excluding tert-OH is 1. The van der Waals surface area contributed by atoms with Gasteiger partial charge in [-0.15, -0.1) is 11.6 Å². The molecule has 1 saturated carbocycles. The van der Waals surface area contributed by atoms with Crippen LogP contribution in [0.4, 0.5) is 0 Å². The highest BCUT2D eigenvalue weighted by atomic mass is 35.5. The van der Waals surface area contributed by atoms with E-state index in [2.05, 4.69) is 24.5 Å². The molecule has 0 radical (unpaired) electrons. The van der Waals surface area contributed by atoms with Gasteiger partial charge in [-0.3, -0.25) is 4.90 Å². The van der Waals surface area contributed by atoms with Gasteiger partial charge in [-0.05, 0) is 25.7 Å². The summed E-state index contributed by atoms with van der Waals surface area (Å²) in [6.07, 6.45) is 7.87. The van der Waals surface area contributed by atoms with Gasteiger partial charge in [0.25, 0.3) is 0 Å². The van der Waals surface area contributed by atoms with Crippen LogP contribution in [0.3, 0.4) is 0 Å². The molecule has 122 valence electrons. The number of carbonyl (C=O) groups excluding carboxylic acids is 1. The molecule has 4 atom stereocenters. The smallest absolute Gasteiger partial charge is 0.129 e. The summed E-state index contributed by atoms with van der Waals surface area (Å²) in [5, 5.41) is 9.47. The second-order valence-corrected chi connectivity index (χ2v) is 13.2. The molecule has 1 saturated heterocycles. The number of aliphatic hydroxyl groups is 1. The highest BCUT2D eigenvalue weighted by Crippen LogP contribution is 2.43. The van der Waals surface area contributed by atoms with Gasteiger partial charge in [0.15, 0.2) is 0 Å². The Hall–Kier alpha value is 0.0969. The highest BCUT2D eigenvalue weighted by Gasteiger charge is 2.59. The number of carbonyl (C=O) groups is 1. The van der Waals surface area contributed by atoms with Gasteiger partial charge < -0.3 is 9.90 Å². The minimum Gasteiger partial charge on any atom is -0.396 e. The van der Waals surface area contributed by atoms with Crippen LogP contribution in [0.25, 0.3) is 0 Å². The Bertz CT molecular complexity index is 366. The fraction of sp³-hybridized carbons (Fsp3) is 0.938. The Kier molecular flexibility index (Phi) is 5.91. The number of halogens is 1. The lowest BCUT2D eigenvalue weighted by Crippen LogP contribution is -2.40. The lowest BCUT2D eigenvalue weighted by molar-refractivity contribution is -0.113. The van der Waals surface area contributed by atoms with Crippen molar-refractivity contribution in [2.24, 2.45) is 0 Å². The molecule has 0 aromatic rings. The Labute approximate surface area is 135 Å². The number of nitrogens with zero attached hydrogens (tertiary/aromatic N) is 1. The molecule has 21 heavy (non-hydrogen) atoms. The zero-order valence-electron chi connectivity index (χ0n) is 13.6. The van der Waals surface area contributed by atoms with Crippen LogP contribution in [0.5, 0.6) is 0 Å². The lowest BCUT2D eigenvalue weighted by atomic mass is 9.95. The molecule has 2 aliphatic rings. The normalized spacial score (nSPS) is 32.0. The van der Waals surface area contributed by atoms with Crippen LogP contribution in [-0.4, -0.2) is 53.6 Å². The molecule has 1 aliphatic carbocycles. The van der Waals surface area contributed by atoms with Crippen LogP contribution in [0.15, 0.2) is 0 Å². The monoisotopic (exact) mass is 331 g/mol.